The lowest BCUT2D eigenvalue weighted by atomic mass is 9.98. The zero-order valence-corrected chi connectivity index (χ0v) is 10.4. The highest BCUT2D eigenvalue weighted by Gasteiger charge is 2.20. The lowest BCUT2D eigenvalue weighted by Crippen LogP contribution is -2.32. The van der Waals surface area contributed by atoms with Crippen LogP contribution >= 0.6 is 0 Å². The molecule has 0 bridgehead atoms. The molecular weight excluding hydrogens is 232 g/mol. The van der Waals surface area contributed by atoms with Crippen LogP contribution in [0.25, 0.3) is 11.0 Å². The third-order valence-electron chi connectivity index (χ3n) is 2.77. The molecule has 6 heteroatoms. The van der Waals surface area contributed by atoms with Crippen LogP contribution in [0.3, 0.4) is 0 Å². The Morgan fingerprint density at radius 3 is 3.00 bits per heavy atom. The zero-order valence-electron chi connectivity index (χ0n) is 10.4. The van der Waals surface area contributed by atoms with Crippen molar-refractivity contribution >= 4 is 22.8 Å². The van der Waals surface area contributed by atoms with E-state index in [0.29, 0.717) is 6.42 Å². The van der Waals surface area contributed by atoms with Gasteiger partial charge in [0.25, 0.3) is 0 Å². The number of aromatic amines is 1. The van der Waals surface area contributed by atoms with Crippen molar-refractivity contribution in [2.75, 3.05) is 5.32 Å². The second-order valence-corrected chi connectivity index (χ2v) is 4.86. The van der Waals surface area contributed by atoms with Crippen LogP contribution in [-0.4, -0.2) is 31.6 Å². The Bertz CT molecular complexity index is 562. The number of hydrogen-bond donors (Lipinski definition) is 3. The van der Waals surface area contributed by atoms with E-state index in [0.717, 1.165) is 16.9 Å². The lowest BCUT2D eigenvalue weighted by molar-refractivity contribution is -0.137. The SMILES string of the molecule is CC(C)(CCC(=O)O)Nc1ncnc2[nH]ccc12. The molecule has 96 valence electrons. The molecule has 2 aromatic rings. The van der Waals surface area contributed by atoms with Crippen molar-refractivity contribution in [2.45, 2.75) is 32.2 Å². The van der Waals surface area contributed by atoms with Gasteiger partial charge >= 0.3 is 5.97 Å². The second kappa shape index (κ2) is 4.64. The maximum Gasteiger partial charge on any atom is 0.303 e. The van der Waals surface area contributed by atoms with Gasteiger partial charge in [-0.05, 0) is 26.3 Å². The molecule has 0 atom stereocenters. The van der Waals surface area contributed by atoms with Crippen LogP contribution in [0.2, 0.25) is 0 Å². The van der Waals surface area contributed by atoms with Gasteiger partial charge in [-0.25, -0.2) is 9.97 Å². The summed E-state index contributed by atoms with van der Waals surface area (Å²) >= 11 is 0. The smallest absolute Gasteiger partial charge is 0.303 e. The van der Waals surface area contributed by atoms with Crippen molar-refractivity contribution in [3.05, 3.63) is 18.6 Å². The van der Waals surface area contributed by atoms with E-state index >= 15 is 0 Å². The van der Waals surface area contributed by atoms with Crippen LogP contribution in [0.5, 0.6) is 0 Å². The topological polar surface area (TPSA) is 90.9 Å². The number of carboxylic acids is 1. The molecule has 0 aliphatic carbocycles. The van der Waals surface area contributed by atoms with Crippen LogP contribution in [-0.2, 0) is 4.79 Å². The summed E-state index contributed by atoms with van der Waals surface area (Å²) in [5, 5.41) is 12.9. The van der Waals surface area contributed by atoms with E-state index in [1.54, 1.807) is 6.20 Å². The van der Waals surface area contributed by atoms with E-state index < -0.39 is 5.97 Å². The largest absolute Gasteiger partial charge is 0.481 e. The fraction of sp³-hybridized carbons (Fsp3) is 0.417. The third-order valence-corrected chi connectivity index (χ3v) is 2.77. The fourth-order valence-corrected chi connectivity index (χ4v) is 1.77. The summed E-state index contributed by atoms with van der Waals surface area (Å²) < 4.78 is 0. The highest BCUT2D eigenvalue weighted by molar-refractivity contribution is 5.86. The predicted molar refractivity (Wildman–Crippen MR) is 68.5 cm³/mol. The molecule has 0 unspecified atom stereocenters. The number of fused-ring (bicyclic) bond motifs is 1. The molecule has 0 spiro atoms. The molecule has 0 aliphatic rings. The van der Waals surface area contributed by atoms with Gasteiger partial charge in [0.05, 0.1) is 5.39 Å². The van der Waals surface area contributed by atoms with Crippen molar-refractivity contribution in [2.24, 2.45) is 0 Å². The molecule has 0 saturated carbocycles. The van der Waals surface area contributed by atoms with Crippen molar-refractivity contribution in [1.82, 2.24) is 15.0 Å². The van der Waals surface area contributed by atoms with Crippen LogP contribution in [0, 0.1) is 0 Å². The van der Waals surface area contributed by atoms with E-state index in [-0.39, 0.29) is 12.0 Å². The van der Waals surface area contributed by atoms with Gasteiger partial charge in [0.1, 0.15) is 17.8 Å². The average Bonchev–Trinajstić information content (AvgIpc) is 2.75. The number of carbonyl (C=O) groups is 1. The summed E-state index contributed by atoms with van der Waals surface area (Å²) in [7, 11) is 0. The molecule has 0 saturated heterocycles. The monoisotopic (exact) mass is 248 g/mol. The van der Waals surface area contributed by atoms with Gasteiger partial charge in [-0.2, -0.15) is 0 Å². The van der Waals surface area contributed by atoms with E-state index in [1.807, 2.05) is 19.9 Å². The first-order valence-electron chi connectivity index (χ1n) is 5.76. The highest BCUT2D eigenvalue weighted by atomic mass is 16.4. The van der Waals surface area contributed by atoms with Crippen LogP contribution in [0.15, 0.2) is 18.6 Å². The van der Waals surface area contributed by atoms with Crippen molar-refractivity contribution < 1.29 is 9.90 Å². The highest BCUT2D eigenvalue weighted by Crippen LogP contribution is 2.23. The molecule has 0 aromatic carbocycles. The Morgan fingerprint density at radius 1 is 1.50 bits per heavy atom. The maximum absolute atomic E-state index is 10.6. The van der Waals surface area contributed by atoms with Crippen LogP contribution < -0.4 is 5.32 Å². The number of H-pyrrole nitrogens is 1. The Labute approximate surface area is 104 Å². The fourth-order valence-electron chi connectivity index (χ4n) is 1.77. The van der Waals surface area contributed by atoms with E-state index in [1.165, 1.54) is 6.33 Å². The number of anilines is 1. The number of carboxylic acid groups (broad SMARTS) is 1. The molecule has 2 heterocycles. The molecule has 6 nitrogen and oxygen atoms in total. The molecule has 2 rings (SSSR count). The van der Waals surface area contributed by atoms with Crippen molar-refractivity contribution in [1.29, 1.82) is 0 Å². The molecule has 0 radical (unpaired) electrons. The number of aliphatic carboxylic acids is 1. The summed E-state index contributed by atoms with van der Waals surface area (Å²) in [6, 6.07) is 1.89. The van der Waals surface area contributed by atoms with Gasteiger partial charge in [-0.1, -0.05) is 0 Å². The van der Waals surface area contributed by atoms with Gasteiger partial charge in [-0.15, -0.1) is 0 Å². The average molecular weight is 248 g/mol. The first-order valence-corrected chi connectivity index (χ1v) is 5.76. The summed E-state index contributed by atoms with van der Waals surface area (Å²) in [6.45, 7) is 3.91. The predicted octanol–water partition coefficient (Wildman–Crippen LogP) is 2.01. The Balaban J connectivity index is 2.17. The minimum absolute atomic E-state index is 0.126. The number of hydrogen-bond acceptors (Lipinski definition) is 4. The minimum atomic E-state index is -0.792. The number of nitrogens with zero attached hydrogens (tertiary/aromatic N) is 2. The number of nitrogens with one attached hydrogen (secondary N) is 2. The van der Waals surface area contributed by atoms with E-state index in [4.69, 9.17) is 5.11 Å². The molecule has 3 N–H and O–H groups in total. The van der Waals surface area contributed by atoms with E-state index in [2.05, 4.69) is 20.3 Å². The second-order valence-electron chi connectivity index (χ2n) is 4.86. The first-order chi connectivity index (χ1) is 8.48. The zero-order chi connectivity index (χ0) is 13.2. The minimum Gasteiger partial charge on any atom is -0.481 e. The molecule has 0 fully saturated rings. The number of rotatable bonds is 5. The van der Waals surface area contributed by atoms with Gasteiger partial charge in [0, 0.05) is 18.2 Å². The van der Waals surface area contributed by atoms with Gasteiger partial charge in [0.15, 0.2) is 0 Å². The Hall–Kier alpha value is -2.11. The molecule has 0 aliphatic heterocycles. The molecule has 0 amide bonds. The summed E-state index contributed by atoms with van der Waals surface area (Å²) in [5.74, 6) is -0.0732. The third kappa shape index (κ3) is 2.77. The summed E-state index contributed by atoms with van der Waals surface area (Å²) in [4.78, 5) is 21.9. The Kier molecular flexibility index (Phi) is 3.18. The lowest BCUT2D eigenvalue weighted by Gasteiger charge is -2.26. The van der Waals surface area contributed by atoms with Gasteiger partial charge in [-0.3, -0.25) is 4.79 Å². The van der Waals surface area contributed by atoms with Gasteiger partial charge in [0.2, 0.25) is 0 Å². The maximum atomic E-state index is 10.6. The van der Waals surface area contributed by atoms with Gasteiger partial charge < -0.3 is 15.4 Å². The van der Waals surface area contributed by atoms with Crippen LogP contribution in [0.4, 0.5) is 5.82 Å². The first kappa shape index (κ1) is 12.3. The molecular formula is C12H16N4O2. The Morgan fingerprint density at radius 2 is 2.28 bits per heavy atom. The summed E-state index contributed by atoms with van der Waals surface area (Å²) in [6.07, 6.45) is 3.93. The van der Waals surface area contributed by atoms with Crippen molar-refractivity contribution in [3.8, 4) is 0 Å². The number of aromatic nitrogens is 3. The standard InChI is InChI=1S/C12H16N4O2/c1-12(2,5-3-9(17)18)16-11-8-4-6-13-10(8)14-7-15-11/h4,6-7H,3,5H2,1-2H3,(H,17,18)(H2,13,14,15,16). The summed E-state index contributed by atoms with van der Waals surface area (Å²) in [5.41, 5.74) is 0.429. The molecule has 2 aromatic heterocycles. The molecule has 18 heavy (non-hydrogen) atoms. The quantitative estimate of drug-likeness (QED) is 0.753. The van der Waals surface area contributed by atoms with E-state index in [9.17, 15) is 4.79 Å². The van der Waals surface area contributed by atoms with Crippen molar-refractivity contribution in [3.63, 3.8) is 0 Å². The normalized spacial score (nSPS) is 11.7. The van der Waals surface area contributed by atoms with Crippen LogP contribution in [0.1, 0.15) is 26.7 Å².